The molecule has 2 aromatic rings. The number of halogens is 2. The molecule has 0 bridgehead atoms. The van der Waals surface area contributed by atoms with Crippen molar-refractivity contribution in [3.63, 3.8) is 0 Å². The van der Waals surface area contributed by atoms with E-state index in [0.717, 1.165) is 5.69 Å². The molecular weight excluding hydrogens is 311 g/mol. The Morgan fingerprint density at radius 1 is 1.45 bits per heavy atom. The molecule has 0 aliphatic heterocycles. The molecule has 1 amide bonds. The van der Waals surface area contributed by atoms with Gasteiger partial charge in [-0.25, -0.2) is 9.87 Å². The Labute approximate surface area is 131 Å². The molecule has 1 aromatic heterocycles. The van der Waals surface area contributed by atoms with Crippen molar-refractivity contribution in [2.24, 2.45) is 0 Å². The molecule has 2 N–H and O–H groups in total. The fraction of sp³-hybridized carbons (Fsp3) is 0.133. The van der Waals surface area contributed by atoms with E-state index in [0.29, 0.717) is 18.9 Å². The molecule has 0 radical (unpaired) electrons. The predicted molar refractivity (Wildman–Crippen MR) is 80.3 cm³/mol. The van der Waals surface area contributed by atoms with Gasteiger partial charge in [0.2, 0.25) is 0 Å². The molecule has 2 rings (SSSR count). The van der Waals surface area contributed by atoms with Gasteiger partial charge in [0.05, 0.1) is 11.6 Å². The number of carbonyl (C=O) groups is 1. The van der Waals surface area contributed by atoms with Crippen LogP contribution in [-0.4, -0.2) is 22.3 Å². The van der Waals surface area contributed by atoms with E-state index in [1.807, 2.05) is 22.9 Å². The number of ether oxygens (including phenoxy) is 1. The third-order valence-electron chi connectivity index (χ3n) is 2.86. The maximum Gasteiger partial charge on any atom is 0.267 e. The summed E-state index contributed by atoms with van der Waals surface area (Å²) in [6.07, 6.45) is 4.60. The average molecular weight is 325 g/mol. The molecule has 0 fully saturated rings. The molecule has 0 spiro atoms. The lowest BCUT2D eigenvalue weighted by molar-refractivity contribution is -0.124. The zero-order chi connectivity index (χ0) is 15.9. The lowest BCUT2D eigenvalue weighted by atomic mass is 10.3. The minimum atomic E-state index is -0.609. The number of amides is 1. The largest absolute Gasteiger partial charge is 0.490 e. The van der Waals surface area contributed by atoms with Crippen molar-refractivity contribution in [2.45, 2.75) is 6.54 Å². The van der Waals surface area contributed by atoms with Crippen molar-refractivity contribution in [3.05, 3.63) is 59.1 Å². The Hall–Kier alpha value is -2.31. The zero-order valence-corrected chi connectivity index (χ0v) is 12.3. The number of benzene rings is 1. The maximum atomic E-state index is 12.9. The second-order valence-corrected chi connectivity index (χ2v) is 4.77. The van der Waals surface area contributed by atoms with Gasteiger partial charge < -0.3 is 9.30 Å². The van der Waals surface area contributed by atoms with Crippen molar-refractivity contribution in [1.82, 2.24) is 10.0 Å². The summed E-state index contributed by atoms with van der Waals surface area (Å²) in [7, 11) is 0. The van der Waals surface area contributed by atoms with Crippen molar-refractivity contribution in [1.29, 1.82) is 0 Å². The van der Waals surface area contributed by atoms with E-state index in [9.17, 15) is 9.18 Å². The summed E-state index contributed by atoms with van der Waals surface area (Å²) < 4.78 is 20.3. The van der Waals surface area contributed by atoms with E-state index in [1.165, 1.54) is 29.8 Å². The number of hydroxylamine groups is 1. The van der Waals surface area contributed by atoms with Crippen molar-refractivity contribution in [2.75, 3.05) is 6.61 Å². The van der Waals surface area contributed by atoms with E-state index in [1.54, 1.807) is 6.08 Å². The standard InChI is InChI=1S/C15H14ClFN2O3/c16-13-10-11(17)3-5-14(13)22-9-8-19-7-1-2-12(19)4-6-15(20)18-21/h1-7,10,21H,8-9H2,(H,18,20)/b6-4+. The minimum absolute atomic E-state index is 0.215. The van der Waals surface area contributed by atoms with Gasteiger partial charge in [-0.3, -0.25) is 10.0 Å². The van der Waals surface area contributed by atoms with Gasteiger partial charge in [-0.1, -0.05) is 11.6 Å². The summed E-state index contributed by atoms with van der Waals surface area (Å²) in [6, 6.07) is 7.57. The summed E-state index contributed by atoms with van der Waals surface area (Å²) in [4.78, 5) is 11.0. The molecule has 0 unspecified atom stereocenters. The lowest BCUT2D eigenvalue weighted by Crippen LogP contribution is -2.15. The summed E-state index contributed by atoms with van der Waals surface area (Å²) in [5.41, 5.74) is 2.29. The summed E-state index contributed by atoms with van der Waals surface area (Å²) in [5.74, 6) is -0.619. The maximum absolute atomic E-state index is 12.9. The average Bonchev–Trinajstić information content (AvgIpc) is 2.94. The molecule has 0 aliphatic carbocycles. The molecule has 0 aliphatic rings. The number of aromatic nitrogens is 1. The molecule has 0 saturated carbocycles. The molecule has 0 saturated heterocycles. The third-order valence-corrected chi connectivity index (χ3v) is 3.16. The zero-order valence-electron chi connectivity index (χ0n) is 11.5. The predicted octanol–water partition coefficient (Wildman–Crippen LogP) is 2.88. The number of hydrogen-bond acceptors (Lipinski definition) is 3. The van der Waals surface area contributed by atoms with Crippen LogP contribution in [0.3, 0.4) is 0 Å². The van der Waals surface area contributed by atoms with Gasteiger partial charge in [0.25, 0.3) is 5.91 Å². The molecule has 7 heteroatoms. The highest BCUT2D eigenvalue weighted by molar-refractivity contribution is 6.32. The number of hydrogen-bond donors (Lipinski definition) is 2. The van der Waals surface area contributed by atoms with Crippen molar-refractivity contribution >= 4 is 23.6 Å². The van der Waals surface area contributed by atoms with Gasteiger partial charge in [-0.2, -0.15) is 0 Å². The quantitative estimate of drug-likeness (QED) is 0.488. The Morgan fingerprint density at radius 3 is 3.00 bits per heavy atom. The molecule has 5 nitrogen and oxygen atoms in total. The van der Waals surface area contributed by atoms with Crippen LogP contribution in [0.4, 0.5) is 4.39 Å². The van der Waals surface area contributed by atoms with Crippen molar-refractivity contribution < 1.29 is 19.1 Å². The molecular formula is C15H14ClFN2O3. The highest BCUT2D eigenvalue weighted by Gasteiger charge is 2.04. The second-order valence-electron chi connectivity index (χ2n) is 4.36. The van der Waals surface area contributed by atoms with Crippen LogP contribution in [0.5, 0.6) is 5.75 Å². The normalized spacial score (nSPS) is 10.9. The summed E-state index contributed by atoms with van der Waals surface area (Å²) >= 11 is 5.87. The van der Waals surface area contributed by atoms with Gasteiger partial charge in [-0.15, -0.1) is 0 Å². The molecule has 1 aromatic carbocycles. The monoisotopic (exact) mass is 324 g/mol. The van der Waals surface area contributed by atoms with Crippen LogP contribution >= 0.6 is 11.6 Å². The second kappa shape index (κ2) is 7.63. The van der Waals surface area contributed by atoms with Gasteiger partial charge in [-0.05, 0) is 36.4 Å². The highest BCUT2D eigenvalue weighted by atomic mass is 35.5. The van der Waals surface area contributed by atoms with Gasteiger partial charge >= 0.3 is 0 Å². The van der Waals surface area contributed by atoms with Gasteiger partial charge in [0, 0.05) is 18.0 Å². The first-order valence-electron chi connectivity index (χ1n) is 6.45. The first kappa shape index (κ1) is 16.1. The fourth-order valence-corrected chi connectivity index (χ4v) is 2.05. The molecule has 116 valence electrons. The summed E-state index contributed by atoms with van der Waals surface area (Å²) in [6.45, 7) is 0.841. The fourth-order valence-electron chi connectivity index (χ4n) is 1.83. The van der Waals surface area contributed by atoms with Crippen LogP contribution in [0, 0.1) is 5.82 Å². The van der Waals surface area contributed by atoms with Crippen LogP contribution in [0.25, 0.3) is 6.08 Å². The van der Waals surface area contributed by atoms with Gasteiger partial charge in [0.1, 0.15) is 18.2 Å². The number of nitrogens with zero attached hydrogens (tertiary/aromatic N) is 1. The smallest absolute Gasteiger partial charge is 0.267 e. The van der Waals surface area contributed by atoms with Crippen LogP contribution in [0.1, 0.15) is 5.69 Å². The topological polar surface area (TPSA) is 63.5 Å². The number of carbonyl (C=O) groups excluding carboxylic acids is 1. The molecule has 1 heterocycles. The Morgan fingerprint density at radius 2 is 2.27 bits per heavy atom. The van der Waals surface area contributed by atoms with Crippen LogP contribution < -0.4 is 10.2 Å². The minimum Gasteiger partial charge on any atom is -0.490 e. The van der Waals surface area contributed by atoms with E-state index in [2.05, 4.69) is 0 Å². The molecule has 22 heavy (non-hydrogen) atoms. The first-order valence-corrected chi connectivity index (χ1v) is 6.83. The lowest BCUT2D eigenvalue weighted by Gasteiger charge is -2.10. The van der Waals surface area contributed by atoms with Crippen molar-refractivity contribution in [3.8, 4) is 5.75 Å². The Balaban J connectivity index is 1.94. The summed E-state index contributed by atoms with van der Waals surface area (Å²) in [5, 5.41) is 8.64. The van der Waals surface area contributed by atoms with E-state index in [-0.39, 0.29) is 5.02 Å². The van der Waals surface area contributed by atoms with E-state index < -0.39 is 11.7 Å². The van der Waals surface area contributed by atoms with Crippen LogP contribution in [0.15, 0.2) is 42.6 Å². The SMILES string of the molecule is O=C(/C=C/c1cccn1CCOc1ccc(F)cc1Cl)NO. The number of nitrogens with one attached hydrogen (secondary N) is 1. The van der Waals surface area contributed by atoms with Gasteiger partial charge in [0.15, 0.2) is 0 Å². The first-order chi connectivity index (χ1) is 10.6. The highest BCUT2D eigenvalue weighted by Crippen LogP contribution is 2.24. The van der Waals surface area contributed by atoms with E-state index >= 15 is 0 Å². The third kappa shape index (κ3) is 4.34. The Kier molecular flexibility index (Phi) is 5.57. The van der Waals surface area contributed by atoms with Crippen LogP contribution in [-0.2, 0) is 11.3 Å². The van der Waals surface area contributed by atoms with E-state index in [4.69, 9.17) is 21.5 Å². The number of rotatable bonds is 6. The molecule has 0 atom stereocenters. The van der Waals surface area contributed by atoms with Crippen LogP contribution in [0.2, 0.25) is 5.02 Å². The Bertz CT molecular complexity index is 685.